The van der Waals surface area contributed by atoms with Crippen molar-refractivity contribution < 1.29 is 9.72 Å². The Morgan fingerprint density at radius 2 is 1.62 bits per heavy atom. The number of hydrogen-bond donors (Lipinski definition) is 0. The molecule has 0 saturated heterocycles. The van der Waals surface area contributed by atoms with Gasteiger partial charge in [-0.2, -0.15) is 0 Å². The van der Waals surface area contributed by atoms with Crippen LogP contribution in [0.3, 0.4) is 0 Å². The van der Waals surface area contributed by atoms with Crippen LogP contribution in [0.4, 0.5) is 5.69 Å². The summed E-state index contributed by atoms with van der Waals surface area (Å²) in [4.78, 5) is 21.9. The van der Waals surface area contributed by atoms with Crippen molar-refractivity contribution in [3.05, 3.63) is 94.1 Å². The first-order valence-electron chi connectivity index (χ1n) is 6.35. The molecule has 4 nitrogen and oxygen atoms in total. The van der Waals surface area contributed by atoms with Crippen molar-refractivity contribution in [2.45, 2.75) is 0 Å². The maximum absolute atomic E-state index is 11.8. The standard InChI is InChI=1S/C17H13NO3/c19-17(15-10-12-16(13-11-15)18(20)21)9-5-4-8-14-6-2-1-3-7-14/h1-13H. The maximum Gasteiger partial charge on any atom is 0.269 e. The van der Waals surface area contributed by atoms with Gasteiger partial charge in [-0.25, -0.2) is 0 Å². The van der Waals surface area contributed by atoms with Crippen molar-refractivity contribution in [1.29, 1.82) is 0 Å². The van der Waals surface area contributed by atoms with Crippen LogP contribution in [0.25, 0.3) is 6.08 Å². The largest absolute Gasteiger partial charge is 0.289 e. The number of rotatable bonds is 5. The molecule has 0 unspecified atom stereocenters. The van der Waals surface area contributed by atoms with E-state index >= 15 is 0 Å². The number of benzene rings is 2. The molecular formula is C17H13NO3. The van der Waals surface area contributed by atoms with Crippen LogP contribution >= 0.6 is 0 Å². The average molecular weight is 279 g/mol. The number of nitro groups is 1. The van der Waals surface area contributed by atoms with Crippen LogP contribution in [0, 0.1) is 10.1 Å². The Morgan fingerprint density at radius 3 is 2.24 bits per heavy atom. The van der Waals surface area contributed by atoms with Gasteiger partial charge in [-0.05, 0) is 23.8 Å². The third-order valence-electron chi connectivity index (χ3n) is 2.81. The van der Waals surface area contributed by atoms with Gasteiger partial charge in [0.05, 0.1) is 4.92 Å². The Morgan fingerprint density at radius 1 is 0.952 bits per heavy atom. The van der Waals surface area contributed by atoms with Crippen molar-refractivity contribution in [3.8, 4) is 0 Å². The SMILES string of the molecule is O=C(C=CC=Cc1ccccc1)c1ccc([N+](=O)[O-])cc1. The minimum absolute atomic E-state index is 0.0282. The van der Waals surface area contributed by atoms with Gasteiger partial charge < -0.3 is 0 Å². The second-order valence-corrected chi connectivity index (χ2v) is 4.30. The Balaban J connectivity index is 1.99. The van der Waals surface area contributed by atoms with Crippen LogP contribution in [-0.2, 0) is 0 Å². The molecule has 0 saturated carbocycles. The normalized spacial score (nSPS) is 11.0. The molecule has 0 aliphatic rings. The van der Waals surface area contributed by atoms with Crippen LogP contribution in [0.1, 0.15) is 15.9 Å². The molecule has 104 valence electrons. The van der Waals surface area contributed by atoms with E-state index in [1.165, 1.54) is 30.3 Å². The van der Waals surface area contributed by atoms with E-state index < -0.39 is 4.92 Å². The number of non-ortho nitro benzene ring substituents is 1. The smallest absolute Gasteiger partial charge is 0.269 e. The van der Waals surface area contributed by atoms with E-state index in [0.29, 0.717) is 5.56 Å². The summed E-state index contributed by atoms with van der Waals surface area (Å²) in [5, 5.41) is 10.5. The highest BCUT2D eigenvalue weighted by Gasteiger charge is 2.06. The molecule has 4 heteroatoms. The van der Waals surface area contributed by atoms with Gasteiger partial charge in [0.2, 0.25) is 0 Å². The first kappa shape index (κ1) is 14.4. The highest BCUT2D eigenvalue weighted by Crippen LogP contribution is 2.12. The number of hydrogen-bond acceptors (Lipinski definition) is 3. The van der Waals surface area contributed by atoms with E-state index in [9.17, 15) is 14.9 Å². The Hall–Kier alpha value is -3.01. The fourth-order valence-corrected chi connectivity index (χ4v) is 1.72. The molecular weight excluding hydrogens is 266 g/mol. The highest BCUT2D eigenvalue weighted by molar-refractivity contribution is 6.04. The quantitative estimate of drug-likeness (QED) is 0.273. The van der Waals surface area contributed by atoms with Crippen molar-refractivity contribution in [1.82, 2.24) is 0 Å². The van der Waals surface area contributed by atoms with Crippen molar-refractivity contribution >= 4 is 17.5 Å². The first-order chi connectivity index (χ1) is 10.2. The van der Waals surface area contributed by atoms with Gasteiger partial charge in [0.1, 0.15) is 0 Å². The molecule has 0 aliphatic heterocycles. The number of carbonyl (C=O) groups excluding carboxylic acids is 1. The van der Waals surface area contributed by atoms with E-state index in [-0.39, 0.29) is 11.5 Å². The van der Waals surface area contributed by atoms with Crippen molar-refractivity contribution in [3.63, 3.8) is 0 Å². The van der Waals surface area contributed by atoms with Crippen molar-refractivity contribution in [2.75, 3.05) is 0 Å². The lowest BCUT2D eigenvalue weighted by Gasteiger charge is -1.95. The molecule has 0 N–H and O–H groups in total. The predicted molar refractivity (Wildman–Crippen MR) is 82.0 cm³/mol. The summed E-state index contributed by atoms with van der Waals surface area (Å²) in [5.41, 5.74) is 1.44. The molecule has 0 aliphatic carbocycles. The minimum atomic E-state index is -0.493. The van der Waals surface area contributed by atoms with Crippen LogP contribution in [0.15, 0.2) is 72.8 Å². The molecule has 0 heterocycles. The van der Waals surface area contributed by atoms with Crippen LogP contribution in [-0.4, -0.2) is 10.7 Å². The summed E-state index contributed by atoms with van der Waals surface area (Å²) in [6.45, 7) is 0. The zero-order valence-electron chi connectivity index (χ0n) is 11.2. The van der Waals surface area contributed by atoms with Crippen molar-refractivity contribution in [2.24, 2.45) is 0 Å². The molecule has 2 rings (SSSR count). The van der Waals surface area contributed by atoms with E-state index in [1.807, 2.05) is 36.4 Å². The lowest BCUT2D eigenvalue weighted by molar-refractivity contribution is -0.384. The van der Waals surface area contributed by atoms with Crippen LogP contribution in [0.2, 0.25) is 0 Å². The van der Waals surface area contributed by atoms with Crippen LogP contribution < -0.4 is 0 Å². The average Bonchev–Trinajstić information content (AvgIpc) is 2.52. The van der Waals surface area contributed by atoms with Gasteiger partial charge in [0, 0.05) is 17.7 Å². The molecule has 0 fully saturated rings. The van der Waals surface area contributed by atoms with Gasteiger partial charge in [-0.15, -0.1) is 0 Å². The first-order valence-corrected chi connectivity index (χ1v) is 6.35. The van der Waals surface area contributed by atoms with Crippen LogP contribution in [0.5, 0.6) is 0 Å². The molecule has 0 amide bonds. The molecule has 0 atom stereocenters. The summed E-state index contributed by atoms with van der Waals surface area (Å²) < 4.78 is 0. The molecule has 2 aromatic rings. The van der Waals surface area contributed by atoms with Gasteiger partial charge in [0.25, 0.3) is 5.69 Å². The second-order valence-electron chi connectivity index (χ2n) is 4.30. The summed E-state index contributed by atoms with van der Waals surface area (Å²) >= 11 is 0. The molecule has 0 radical (unpaired) electrons. The van der Waals surface area contributed by atoms with E-state index in [4.69, 9.17) is 0 Å². The third-order valence-corrected chi connectivity index (χ3v) is 2.81. The number of allylic oxidation sites excluding steroid dienone is 3. The molecule has 0 spiro atoms. The monoisotopic (exact) mass is 279 g/mol. The summed E-state index contributed by atoms with van der Waals surface area (Å²) in [7, 11) is 0. The van der Waals surface area contributed by atoms with Gasteiger partial charge in [-0.3, -0.25) is 14.9 Å². The fourth-order valence-electron chi connectivity index (χ4n) is 1.72. The lowest BCUT2D eigenvalue weighted by atomic mass is 10.1. The van der Waals surface area contributed by atoms with E-state index in [2.05, 4.69) is 0 Å². The Bertz CT molecular complexity index is 686. The third kappa shape index (κ3) is 4.24. The summed E-state index contributed by atoms with van der Waals surface area (Å²) in [6.07, 6.45) is 6.75. The number of nitro benzene ring substituents is 1. The molecule has 21 heavy (non-hydrogen) atoms. The Labute approximate surface area is 122 Å². The maximum atomic E-state index is 11.8. The number of ketones is 1. The topological polar surface area (TPSA) is 60.2 Å². The molecule has 2 aromatic carbocycles. The number of nitrogens with zero attached hydrogens (tertiary/aromatic N) is 1. The Kier molecular flexibility index (Phi) is 4.77. The van der Waals surface area contributed by atoms with Gasteiger partial charge >= 0.3 is 0 Å². The lowest BCUT2D eigenvalue weighted by Crippen LogP contribution is -1.94. The van der Waals surface area contributed by atoms with E-state index in [0.717, 1.165) is 5.56 Å². The fraction of sp³-hybridized carbons (Fsp3) is 0. The molecule has 0 bridgehead atoms. The van der Waals surface area contributed by atoms with Gasteiger partial charge in [-0.1, -0.05) is 48.6 Å². The zero-order valence-corrected chi connectivity index (χ0v) is 11.2. The highest BCUT2D eigenvalue weighted by atomic mass is 16.6. The summed E-state index contributed by atoms with van der Waals surface area (Å²) in [5.74, 6) is -0.192. The summed E-state index contributed by atoms with van der Waals surface area (Å²) in [6, 6.07) is 15.3. The van der Waals surface area contributed by atoms with Gasteiger partial charge in [0.15, 0.2) is 5.78 Å². The zero-order chi connectivity index (χ0) is 15.1. The minimum Gasteiger partial charge on any atom is -0.289 e. The second kappa shape index (κ2) is 6.96. The number of carbonyl (C=O) groups is 1. The molecule has 0 aromatic heterocycles. The predicted octanol–water partition coefficient (Wildman–Crippen LogP) is 4.05. The van der Waals surface area contributed by atoms with E-state index in [1.54, 1.807) is 12.2 Å².